The maximum Gasteiger partial charge on any atom is 0.319 e. The zero-order chi connectivity index (χ0) is 23.3. The number of hydrogen-bond donors (Lipinski definition) is 0. The predicted octanol–water partition coefficient (Wildman–Crippen LogP) is 5.35. The molecule has 0 amide bonds. The molecule has 32 heavy (non-hydrogen) atoms. The molecular weight excluding hydrogens is 466 g/mol. The number of aryl methyl sites for hydroxylation is 1. The molecule has 0 N–H and O–H groups in total. The van der Waals surface area contributed by atoms with E-state index in [0.717, 1.165) is 11.1 Å². The summed E-state index contributed by atoms with van der Waals surface area (Å²) in [5, 5.41) is 2.46. The van der Waals surface area contributed by atoms with Crippen molar-refractivity contribution >= 4 is 39.4 Å². The van der Waals surface area contributed by atoms with Crippen LogP contribution in [-0.4, -0.2) is 36.6 Å². The van der Waals surface area contributed by atoms with Gasteiger partial charge in [-0.3, -0.25) is 4.79 Å². The second kappa shape index (κ2) is 8.20. The fourth-order valence-electron chi connectivity index (χ4n) is 4.25. The average molecular weight is 492 g/mol. The minimum atomic E-state index is -3.88. The maximum atomic E-state index is 13.8. The summed E-state index contributed by atoms with van der Waals surface area (Å²) in [6.45, 7) is 7.50. The molecular formula is C24H26ClNO4S2. The molecule has 8 heteroatoms. The molecule has 0 saturated carbocycles. The Kier molecular flexibility index (Phi) is 5.99. The van der Waals surface area contributed by atoms with E-state index in [0.29, 0.717) is 16.3 Å². The number of benzene rings is 2. The first-order valence-electron chi connectivity index (χ1n) is 10.3. The number of thioether (sulfide) groups is 1. The highest BCUT2D eigenvalue weighted by Crippen LogP contribution is 2.58. The van der Waals surface area contributed by atoms with Crippen LogP contribution in [-0.2, 0) is 19.6 Å². The number of hydrogen-bond acceptors (Lipinski definition) is 5. The third-order valence-electron chi connectivity index (χ3n) is 5.77. The monoisotopic (exact) mass is 491 g/mol. The van der Waals surface area contributed by atoms with Crippen LogP contribution in [0.3, 0.4) is 0 Å². The van der Waals surface area contributed by atoms with Crippen LogP contribution < -0.4 is 0 Å². The van der Waals surface area contributed by atoms with Gasteiger partial charge in [-0.1, -0.05) is 41.4 Å². The normalized spacial score (nSPS) is 23.7. The number of fused-ring (bicyclic) bond motifs is 1. The molecule has 2 aromatic carbocycles. The van der Waals surface area contributed by atoms with Crippen LogP contribution in [0.25, 0.3) is 0 Å². The first-order chi connectivity index (χ1) is 14.9. The van der Waals surface area contributed by atoms with Gasteiger partial charge in [0, 0.05) is 17.3 Å². The Morgan fingerprint density at radius 2 is 1.75 bits per heavy atom. The summed E-state index contributed by atoms with van der Waals surface area (Å²) in [4.78, 5) is 13.8. The highest BCUT2D eigenvalue weighted by atomic mass is 35.5. The maximum absolute atomic E-state index is 13.8. The Balaban J connectivity index is 1.88. The summed E-state index contributed by atoms with van der Waals surface area (Å²) in [5.74, 6) is 0.0209. The number of sulfonamides is 1. The van der Waals surface area contributed by atoms with Crippen LogP contribution in [0.5, 0.6) is 0 Å². The first-order valence-corrected chi connectivity index (χ1v) is 13.2. The second-order valence-electron chi connectivity index (χ2n) is 9.24. The Morgan fingerprint density at radius 1 is 1.12 bits per heavy atom. The van der Waals surface area contributed by atoms with Gasteiger partial charge in [0.25, 0.3) is 0 Å². The summed E-state index contributed by atoms with van der Waals surface area (Å²) >= 11 is 7.63. The zero-order valence-corrected chi connectivity index (χ0v) is 20.9. The molecule has 0 aromatic heterocycles. The lowest BCUT2D eigenvalue weighted by molar-refractivity contribution is -0.165. The van der Waals surface area contributed by atoms with E-state index in [2.05, 4.69) is 0 Å². The molecule has 2 heterocycles. The van der Waals surface area contributed by atoms with E-state index in [-0.39, 0.29) is 11.4 Å². The van der Waals surface area contributed by atoms with E-state index >= 15 is 0 Å². The van der Waals surface area contributed by atoms with Gasteiger partial charge in [0.15, 0.2) is 0 Å². The minimum Gasteiger partial charge on any atom is -0.459 e. The number of halogens is 1. The lowest BCUT2D eigenvalue weighted by Gasteiger charge is -2.36. The molecule has 2 aliphatic heterocycles. The van der Waals surface area contributed by atoms with Gasteiger partial charge < -0.3 is 4.74 Å². The third-order valence-corrected chi connectivity index (χ3v) is 8.92. The molecule has 1 unspecified atom stereocenters. The Morgan fingerprint density at radius 3 is 2.34 bits per heavy atom. The number of carbonyl (C=O) groups excluding carboxylic acids is 1. The van der Waals surface area contributed by atoms with Crippen molar-refractivity contribution < 1.29 is 17.9 Å². The highest BCUT2D eigenvalue weighted by molar-refractivity contribution is 8.02. The van der Waals surface area contributed by atoms with Crippen molar-refractivity contribution in [2.75, 3.05) is 12.3 Å². The molecule has 0 bridgehead atoms. The quantitative estimate of drug-likeness (QED) is 0.539. The smallest absolute Gasteiger partial charge is 0.319 e. The second-order valence-corrected chi connectivity index (χ2v) is 12.4. The fourth-order valence-corrected chi connectivity index (χ4v) is 7.30. The van der Waals surface area contributed by atoms with Gasteiger partial charge in [0.2, 0.25) is 10.0 Å². The number of nitrogens with zero attached hydrogens (tertiary/aromatic N) is 1. The van der Waals surface area contributed by atoms with E-state index in [1.165, 1.54) is 16.1 Å². The topological polar surface area (TPSA) is 63.7 Å². The van der Waals surface area contributed by atoms with Crippen LogP contribution in [0.15, 0.2) is 64.4 Å². The summed E-state index contributed by atoms with van der Waals surface area (Å²) in [5.41, 5.74) is 0.664. The predicted molar refractivity (Wildman–Crippen MR) is 128 cm³/mol. The number of esters is 1. The minimum absolute atomic E-state index is 0.135. The summed E-state index contributed by atoms with van der Waals surface area (Å²) in [6.07, 6.45) is 0. The SMILES string of the molecule is Cc1ccc(S(=O)(=O)N2CC3=CSCC3(C(=O)OC(C)(C)C)[C@@H]2c2ccc(Cl)cc2)cc1. The summed E-state index contributed by atoms with van der Waals surface area (Å²) in [6, 6.07) is 13.1. The van der Waals surface area contributed by atoms with Crippen molar-refractivity contribution in [1.82, 2.24) is 4.31 Å². The molecule has 170 valence electrons. The van der Waals surface area contributed by atoms with E-state index in [4.69, 9.17) is 16.3 Å². The van der Waals surface area contributed by atoms with Crippen molar-refractivity contribution in [3.8, 4) is 0 Å². The van der Waals surface area contributed by atoms with Gasteiger partial charge in [0.1, 0.15) is 11.0 Å². The largest absolute Gasteiger partial charge is 0.459 e. The van der Waals surface area contributed by atoms with E-state index in [9.17, 15) is 13.2 Å². The molecule has 4 rings (SSSR count). The van der Waals surface area contributed by atoms with Crippen molar-refractivity contribution in [3.63, 3.8) is 0 Å². The van der Waals surface area contributed by atoms with Gasteiger partial charge in [-0.25, -0.2) is 8.42 Å². The molecule has 1 saturated heterocycles. The van der Waals surface area contributed by atoms with Gasteiger partial charge in [0.05, 0.1) is 10.9 Å². The van der Waals surface area contributed by atoms with Gasteiger partial charge >= 0.3 is 5.97 Å². The summed E-state index contributed by atoms with van der Waals surface area (Å²) in [7, 11) is -3.88. The molecule has 1 fully saturated rings. The molecule has 2 aromatic rings. The molecule has 0 spiro atoms. The van der Waals surface area contributed by atoms with Crippen LogP contribution >= 0.6 is 23.4 Å². The van der Waals surface area contributed by atoms with E-state index < -0.39 is 33.1 Å². The lowest BCUT2D eigenvalue weighted by Crippen LogP contribution is -2.44. The average Bonchev–Trinajstić information content (AvgIpc) is 3.26. The number of ether oxygens (including phenoxy) is 1. The van der Waals surface area contributed by atoms with E-state index in [1.807, 2.05) is 33.1 Å². The van der Waals surface area contributed by atoms with Crippen LogP contribution in [0.1, 0.15) is 37.9 Å². The first kappa shape index (κ1) is 23.4. The zero-order valence-electron chi connectivity index (χ0n) is 18.5. The Labute approximate surface area is 198 Å². The Bertz CT molecular complexity index is 1170. The van der Waals surface area contributed by atoms with Crippen molar-refractivity contribution in [3.05, 3.63) is 75.7 Å². The highest BCUT2D eigenvalue weighted by Gasteiger charge is 2.62. The molecule has 2 aliphatic rings. The number of carbonyl (C=O) groups is 1. The van der Waals surface area contributed by atoms with Crippen molar-refractivity contribution in [2.45, 2.75) is 44.2 Å². The molecule has 2 atom stereocenters. The Hall–Kier alpha value is -1.80. The molecule has 5 nitrogen and oxygen atoms in total. The molecule has 0 aliphatic carbocycles. The fraction of sp³-hybridized carbons (Fsp3) is 0.375. The van der Waals surface area contributed by atoms with Gasteiger partial charge in [-0.05, 0) is 68.5 Å². The summed E-state index contributed by atoms with van der Waals surface area (Å²) < 4.78 is 34.9. The van der Waals surface area contributed by atoms with Gasteiger partial charge in [-0.2, -0.15) is 4.31 Å². The number of rotatable bonds is 4. The van der Waals surface area contributed by atoms with Crippen molar-refractivity contribution in [2.24, 2.45) is 5.41 Å². The third kappa shape index (κ3) is 4.00. The van der Waals surface area contributed by atoms with Crippen molar-refractivity contribution in [1.29, 1.82) is 0 Å². The molecule has 0 radical (unpaired) electrons. The van der Waals surface area contributed by atoms with Crippen LogP contribution in [0.2, 0.25) is 5.02 Å². The van der Waals surface area contributed by atoms with Crippen LogP contribution in [0, 0.1) is 12.3 Å². The van der Waals surface area contributed by atoms with Gasteiger partial charge in [-0.15, -0.1) is 11.8 Å². The van der Waals surface area contributed by atoms with Crippen LogP contribution in [0.4, 0.5) is 0 Å². The lowest BCUT2D eigenvalue weighted by atomic mass is 9.76. The standard InChI is InChI=1S/C24H26ClNO4S2/c1-16-5-11-20(12-6-16)32(28,29)26-13-18-14-31-15-24(18,22(27)30-23(2,3)4)21(26)17-7-9-19(25)10-8-17/h5-12,14,21H,13,15H2,1-4H3/t21-,24?/m0/s1. The van der Waals surface area contributed by atoms with E-state index in [1.54, 1.807) is 48.5 Å².